The van der Waals surface area contributed by atoms with Crippen LogP contribution in [0.15, 0.2) is 28.8 Å². The van der Waals surface area contributed by atoms with Crippen LogP contribution in [0.2, 0.25) is 4.34 Å². The maximum absolute atomic E-state index is 13.2. The largest absolute Gasteiger partial charge is 0.458 e. The van der Waals surface area contributed by atoms with Gasteiger partial charge >= 0.3 is 5.97 Å². The second kappa shape index (κ2) is 11.3. The Kier molecular flexibility index (Phi) is 8.22. The van der Waals surface area contributed by atoms with Gasteiger partial charge in [0, 0.05) is 37.3 Å². The Bertz CT molecular complexity index is 1160. The number of rotatable bonds is 9. The van der Waals surface area contributed by atoms with Crippen molar-refractivity contribution < 1.29 is 24.0 Å². The van der Waals surface area contributed by atoms with E-state index in [-0.39, 0.29) is 43.1 Å². The van der Waals surface area contributed by atoms with Crippen LogP contribution in [-0.2, 0) is 11.3 Å². The van der Waals surface area contributed by atoms with Gasteiger partial charge in [-0.1, -0.05) is 16.8 Å². The van der Waals surface area contributed by atoms with E-state index in [0.29, 0.717) is 21.8 Å². The van der Waals surface area contributed by atoms with Crippen molar-refractivity contribution in [3.05, 3.63) is 45.7 Å². The van der Waals surface area contributed by atoms with E-state index in [4.69, 9.17) is 26.0 Å². The molecule has 3 aromatic rings. The summed E-state index contributed by atoms with van der Waals surface area (Å²) in [5.41, 5.74) is 0.727. The van der Waals surface area contributed by atoms with Crippen LogP contribution in [0.1, 0.15) is 53.4 Å². The first kappa shape index (κ1) is 25.4. The van der Waals surface area contributed by atoms with Crippen LogP contribution >= 0.6 is 22.9 Å². The van der Waals surface area contributed by atoms with E-state index < -0.39 is 5.97 Å². The zero-order valence-corrected chi connectivity index (χ0v) is 21.1. The second-order valence-electron chi connectivity index (χ2n) is 8.60. The molecule has 35 heavy (non-hydrogen) atoms. The zero-order valence-electron chi connectivity index (χ0n) is 19.6. The number of aliphatic hydroxyl groups is 1. The number of carbonyl (C=O) groups excluding carboxylic acids is 2. The van der Waals surface area contributed by atoms with Gasteiger partial charge in [0.25, 0.3) is 5.91 Å². The Morgan fingerprint density at radius 1 is 1.31 bits per heavy atom. The molecule has 1 amide bonds. The van der Waals surface area contributed by atoms with Gasteiger partial charge in [0.15, 0.2) is 11.5 Å². The highest BCUT2D eigenvalue weighted by Crippen LogP contribution is 2.31. The third-order valence-corrected chi connectivity index (χ3v) is 7.07. The molecule has 0 aliphatic carbocycles. The Hall–Kier alpha value is -2.73. The molecule has 0 unspecified atom stereocenters. The predicted molar refractivity (Wildman–Crippen MR) is 131 cm³/mol. The molecule has 1 fully saturated rings. The molecule has 4 rings (SSSR count). The average Bonchev–Trinajstić information content (AvgIpc) is 3.58. The number of likely N-dealkylation sites (tertiary alicyclic amines) is 1. The predicted octanol–water partition coefficient (Wildman–Crippen LogP) is 3.05. The first-order chi connectivity index (χ1) is 16.8. The van der Waals surface area contributed by atoms with Gasteiger partial charge in [-0.05, 0) is 38.8 Å². The van der Waals surface area contributed by atoms with Crippen molar-refractivity contribution >= 4 is 34.8 Å². The van der Waals surface area contributed by atoms with Gasteiger partial charge < -0.3 is 24.6 Å². The van der Waals surface area contributed by atoms with Crippen LogP contribution in [0.25, 0.3) is 10.6 Å². The molecule has 3 aromatic heterocycles. The van der Waals surface area contributed by atoms with Crippen LogP contribution in [0.5, 0.6) is 0 Å². The lowest BCUT2D eigenvalue weighted by Crippen LogP contribution is -2.46. The topological polar surface area (TPSA) is 123 Å². The highest BCUT2D eigenvalue weighted by atomic mass is 35.5. The minimum atomic E-state index is -0.717. The third-order valence-electron chi connectivity index (χ3n) is 5.83. The van der Waals surface area contributed by atoms with Gasteiger partial charge in [-0.3, -0.25) is 9.48 Å². The lowest BCUT2D eigenvalue weighted by atomic mass is 10.0. The minimum Gasteiger partial charge on any atom is -0.458 e. The van der Waals surface area contributed by atoms with Gasteiger partial charge in [-0.2, -0.15) is 5.10 Å². The number of ether oxygens (including phenoxy) is 1. The molecule has 12 heteroatoms. The average molecular weight is 522 g/mol. The second-order valence-corrected chi connectivity index (χ2v) is 10.3. The Labute approximate surface area is 211 Å². The molecule has 0 atom stereocenters. The SMILES string of the molecule is CC(C)N1CCC(NC(=O)c2cc(C(=O)OCCO)nn2Cc2cc(-c3ccc(Cl)s3)on2)CC1. The maximum Gasteiger partial charge on any atom is 0.358 e. The molecule has 1 aliphatic rings. The molecule has 0 bridgehead atoms. The lowest BCUT2D eigenvalue weighted by Gasteiger charge is -2.34. The molecule has 0 saturated carbocycles. The molecule has 0 spiro atoms. The van der Waals surface area contributed by atoms with Crippen molar-refractivity contribution in [3.8, 4) is 10.6 Å². The summed E-state index contributed by atoms with van der Waals surface area (Å²) in [5.74, 6) is -0.490. The van der Waals surface area contributed by atoms with E-state index in [1.165, 1.54) is 22.1 Å². The number of aromatic nitrogens is 3. The normalized spacial score (nSPS) is 15.0. The molecule has 0 radical (unpaired) electrons. The fraction of sp³-hybridized carbons (Fsp3) is 0.478. The van der Waals surface area contributed by atoms with Gasteiger partial charge in [0.05, 0.1) is 22.4 Å². The first-order valence-corrected chi connectivity index (χ1v) is 12.7. The Morgan fingerprint density at radius 2 is 2.09 bits per heavy atom. The molecule has 10 nitrogen and oxygen atoms in total. The molecule has 1 aliphatic heterocycles. The van der Waals surface area contributed by atoms with Crippen molar-refractivity contribution in [2.75, 3.05) is 26.3 Å². The van der Waals surface area contributed by atoms with Crippen LogP contribution in [0.3, 0.4) is 0 Å². The smallest absolute Gasteiger partial charge is 0.358 e. The number of amides is 1. The highest BCUT2D eigenvalue weighted by Gasteiger charge is 2.26. The summed E-state index contributed by atoms with van der Waals surface area (Å²) >= 11 is 7.38. The summed E-state index contributed by atoms with van der Waals surface area (Å²) < 4.78 is 12.5. The molecule has 4 heterocycles. The number of aliphatic hydroxyl groups excluding tert-OH is 1. The first-order valence-electron chi connectivity index (χ1n) is 11.5. The third kappa shape index (κ3) is 6.29. The summed E-state index contributed by atoms with van der Waals surface area (Å²) in [6.07, 6.45) is 1.69. The lowest BCUT2D eigenvalue weighted by molar-refractivity contribution is 0.0426. The quantitative estimate of drug-likeness (QED) is 0.412. The number of carbonyl (C=O) groups is 2. The fourth-order valence-electron chi connectivity index (χ4n) is 3.95. The van der Waals surface area contributed by atoms with Crippen LogP contribution < -0.4 is 5.32 Å². The number of halogens is 1. The van der Waals surface area contributed by atoms with E-state index >= 15 is 0 Å². The van der Waals surface area contributed by atoms with Gasteiger partial charge in [0.2, 0.25) is 0 Å². The number of esters is 1. The van der Waals surface area contributed by atoms with E-state index in [0.717, 1.165) is 30.8 Å². The van der Waals surface area contributed by atoms with Crippen LogP contribution in [0.4, 0.5) is 0 Å². The zero-order chi connectivity index (χ0) is 24.9. The number of nitrogens with one attached hydrogen (secondary N) is 1. The number of hydrogen-bond acceptors (Lipinski definition) is 9. The minimum absolute atomic E-state index is 0.0213. The van der Waals surface area contributed by atoms with E-state index in [1.54, 1.807) is 12.1 Å². The van der Waals surface area contributed by atoms with Crippen molar-refractivity contribution in [2.24, 2.45) is 0 Å². The molecular formula is C23H28ClN5O5S. The Balaban J connectivity index is 1.51. The molecular weight excluding hydrogens is 494 g/mol. The van der Waals surface area contributed by atoms with Gasteiger partial charge in [-0.15, -0.1) is 11.3 Å². The number of nitrogens with zero attached hydrogens (tertiary/aromatic N) is 4. The number of hydrogen-bond donors (Lipinski definition) is 2. The molecule has 0 aromatic carbocycles. The number of piperidine rings is 1. The summed E-state index contributed by atoms with van der Waals surface area (Å²) in [6.45, 7) is 5.81. The van der Waals surface area contributed by atoms with E-state index in [2.05, 4.69) is 34.3 Å². The maximum atomic E-state index is 13.2. The van der Waals surface area contributed by atoms with Crippen molar-refractivity contribution in [1.82, 2.24) is 25.2 Å². The van der Waals surface area contributed by atoms with E-state index in [1.807, 2.05) is 6.07 Å². The van der Waals surface area contributed by atoms with Crippen LogP contribution in [0, 0.1) is 0 Å². The summed E-state index contributed by atoms with van der Waals surface area (Å²) in [6, 6.07) is 7.26. The van der Waals surface area contributed by atoms with Crippen molar-refractivity contribution in [3.63, 3.8) is 0 Å². The monoisotopic (exact) mass is 521 g/mol. The molecule has 2 N–H and O–H groups in total. The summed E-state index contributed by atoms with van der Waals surface area (Å²) in [5, 5.41) is 20.4. The summed E-state index contributed by atoms with van der Waals surface area (Å²) in [4.78, 5) is 28.7. The molecule has 188 valence electrons. The highest BCUT2D eigenvalue weighted by molar-refractivity contribution is 7.19. The summed E-state index contributed by atoms with van der Waals surface area (Å²) in [7, 11) is 0. The number of thiophene rings is 1. The van der Waals surface area contributed by atoms with E-state index in [9.17, 15) is 9.59 Å². The van der Waals surface area contributed by atoms with Crippen molar-refractivity contribution in [2.45, 2.75) is 45.3 Å². The molecule has 1 saturated heterocycles. The van der Waals surface area contributed by atoms with Crippen LogP contribution in [-0.4, -0.2) is 75.2 Å². The van der Waals surface area contributed by atoms with Crippen molar-refractivity contribution in [1.29, 1.82) is 0 Å². The standard InChI is InChI=1S/C23H28ClN5O5S/c1-14(2)28-7-5-15(6-8-28)25-22(31)18-12-17(23(32)33-10-9-30)26-29(18)13-16-11-19(34-27-16)20-3-4-21(24)35-20/h3-4,11-12,14-15,30H,5-10,13H2,1-2H3,(H,25,31). The van der Waals surface area contributed by atoms with Gasteiger partial charge in [0.1, 0.15) is 18.0 Å². The Morgan fingerprint density at radius 3 is 2.74 bits per heavy atom. The van der Waals surface area contributed by atoms with Gasteiger partial charge in [-0.25, -0.2) is 4.79 Å². The fourth-order valence-corrected chi connectivity index (χ4v) is 4.95.